The molecule has 0 bridgehead atoms. The van der Waals surface area contributed by atoms with Gasteiger partial charge in [-0.3, -0.25) is 14.2 Å². The molecule has 0 fully saturated rings. The van der Waals surface area contributed by atoms with Crippen molar-refractivity contribution in [3.8, 4) is 0 Å². The van der Waals surface area contributed by atoms with Crippen molar-refractivity contribution >= 4 is 23.0 Å². The maximum atomic E-state index is 13.0. The Hall–Kier alpha value is -2.58. The SMILES string of the molecule is CCN(CC)c1nc2c(c(=O)n(CC(N)=O)c(=O)n2C)n1CCC(C)C. The summed E-state index contributed by atoms with van der Waals surface area (Å²) in [5.41, 5.74) is 4.74. The molecule has 0 aliphatic heterocycles. The van der Waals surface area contributed by atoms with E-state index < -0.39 is 23.7 Å². The fourth-order valence-corrected chi connectivity index (χ4v) is 3.00. The van der Waals surface area contributed by atoms with E-state index in [1.54, 1.807) is 7.05 Å². The summed E-state index contributed by atoms with van der Waals surface area (Å²) in [6.07, 6.45) is 0.859. The molecule has 2 heterocycles. The van der Waals surface area contributed by atoms with Gasteiger partial charge in [0.2, 0.25) is 11.9 Å². The minimum absolute atomic E-state index is 0.325. The van der Waals surface area contributed by atoms with Crippen LogP contribution in [0.4, 0.5) is 5.95 Å². The summed E-state index contributed by atoms with van der Waals surface area (Å²) in [5.74, 6) is 0.368. The molecule has 0 aliphatic rings. The van der Waals surface area contributed by atoms with Gasteiger partial charge in [0.15, 0.2) is 11.2 Å². The van der Waals surface area contributed by atoms with Crippen molar-refractivity contribution in [1.82, 2.24) is 18.7 Å². The van der Waals surface area contributed by atoms with Crippen LogP contribution in [0.1, 0.15) is 34.1 Å². The number of carbonyl (C=O) groups is 1. The number of imidazole rings is 1. The summed E-state index contributed by atoms with van der Waals surface area (Å²) in [4.78, 5) is 43.4. The highest BCUT2D eigenvalue weighted by Gasteiger charge is 2.23. The largest absolute Gasteiger partial charge is 0.368 e. The predicted octanol–water partition coefficient (Wildman–Crippen LogP) is 0.274. The van der Waals surface area contributed by atoms with Gasteiger partial charge in [-0.15, -0.1) is 0 Å². The number of anilines is 1. The quantitative estimate of drug-likeness (QED) is 0.723. The lowest BCUT2D eigenvalue weighted by Crippen LogP contribution is -2.42. The van der Waals surface area contributed by atoms with Gasteiger partial charge >= 0.3 is 5.69 Å². The fourth-order valence-electron chi connectivity index (χ4n) is 3.00. The van der Waals surface area contributed by atoms with Crippen LogP contribution in [-0.4, -0.2) is 37.7 Å². The number of fused-ring (bicyclic) bond motifs is 1. The maximum Gasteiger partial charge on any atom is 0.332 e. The Bertz CT molecular complexity index is 917. The van der Waals surface area contributed by atoms with E-state index in [1.165, 1.54) is 4.57 Å². The first-order valence-electron chi connectivity index (χ1n) is 8.96. The van der Waals surface area contributed by atoms with Gasteiger partial charge < -0.3 is 15.2 Å². The van der Waals surface area contributed by atoms with Gasteiger partial charge in [-0.2, -0.15) is 4.98 Å². The zero-order chi connectivity index (χ0) is 19.6. The van der Waals surface area contributed by atoms with Crippen molar-refractivity contribution in [3.63, 3.8) is 0 Å². The third kappa shape index (κ3) is 3.51. The lowest BCUT2D eigenvalue weighted by atomic mass is 10.1. The van der Waals surface area contributed by atoms with E-state index in [4.69, 9.17) is 5.73 Å². The number of aromatic nitrogens is 4. The molecule has 26 heavy (non-hydrogen) atoms. The molecule has 1 amide bonds. The number of primary amides is 1. The number of hydrogen-bond acceptors (Lipinski definition) is 5. The van der Waals surface area contributed by atoms with E-state index >= 15 is 0 Å². The number of amides is 1. The molecule has 0 aliphatic carbocycles. The number of carbonyl (C=O) groups excluding carboxylic acids is 1. The summed E-state index contributed by atoms with van der Waals surface area (Å²) in [5, 5.41) is 0. The van der Waals surface area contributed by atoms with Gasteiger partial charge in [0.05, 0.1) is 0 Å². The lowest BCUT2D eigenvalue weighted by Gasteiger charge is -2.21. The molecular formula is C17H28N6O3. The molecule has 2 aromatic heterocycles. The molecule has 9 heteroatoms. The first-order chi connectivity index (χ1) is 12.2. The second-order valence-corrected chi connectivity index (χ2v) is 6.79. The summed E-state index contributed by atoms with van der Waals surface area (Å²) in [6.45, 7) is 9.85. The predicted molar refractivity (Wildman–Crippen MR) is 101 cm³/mol. The first-order valence-corrected chi connectivity index (χ1v) is 8.96. The number of nitrogens with two attached hydrogens (primary N) is 1. The van der Waals surface area contributed by atoms with Crippen molar-refractivity contribution in [2.45, 2.75) is 47.2 Å². The minimum atomic E-state index is -0.735. The van der Waals surface area contributed by atoms with Gasteiger partial charge in [0.25, 0.3) is 5.56 Å². The normalized spacial score (nSPS) is 11.5. The standard InChI is InChI=1S/C17H28N6O3/c1-6-21(7-2)16-19-14-13(22(16)9-8-11(3)4)15(25)23(10-12(18)24)17(26)20(14)5/h11H,6-10H2,1-5H3,(H2,18,24). The molecule has 0 unspecified atom stereocenters. The van der Waals surface area contributed by atoms with E-state index in [0.29, 0.717) is 29.6 Å². The molecule has 2 N–H and O–H groups in total. The Morgan fingerprint density at radius 3 is 2.31 bits per heavy atom. The van der Waals surface area contributed by atoms with Crippen molar-refractivity contribution < 1.29 is 4.79 Å². The molecular weight excluding hydrogens is 336 g/mol. The van der Waals surface area contributed by atoms with Gasteiger partial charge in [0.1, 0.15) is 6.54 Å². The zero-order valence-electron chi connectivity index (χ0n) is 16.2. The summed E-state index contributed by atoms with van der Waals surface area (Å²) >= 11 is 0. The van der Waals surface area contributed by atoms with Gasteiger partial charge in [0, 0.05) is 26.7 Å². The number of hydrogen-bond donors (Lipinski definition) is 1. The second kappa shape index (κ2) is 7.76. The smallest absolute Gasteiger partial charge is 0.332 e. The average Bonchev–Trinajstić information content (AvgIpc) is 2.95. The zero-order valence-corrected chi connectivity index (χ0v) is 16.2. The van der Waals surface area contributed by atoms with Crippen LogP contribution in [-0.2, 0) is 24.9 Å². The van der Waals surface area contributed by atoms with Crippen LogP contribution >= 0.6 is 0 Å². The van der Waals surface area contributed by atoms with Crippen LogP contribution in [0.5, 0.6) is 0 Å². The van der Waals surface area contributed by atoms with E-state index in [2.05, 4.69) is 18.8 Å². The Morgan fingerprint density at radius 1 is 1.19 bits per heavy atom. The number of rotatable bonds is 8. The highest BCUT2D eigenvalue weighted by Crippen LogP contribution is 2.21. The molecule has 2 aromatic rings. The van der Waals surface area contributed by atoms with E-state index in [-0.39, 0.29) is 0 Å². The van der Waals surface area contributed by atoms with Crippen LogP contribution in [0.2, 0.25) is 0 Å². The van der Waals surface area contributed by atoms with Gasteiger partial charge in [-0.25, -0.2) is 9.36 Å². The molecule has 0 atom stereocenters. The molecule has 144 valence electrons. The van der Waals surface area contributed by atoms with Gasteiger partial charge in [-0.1, -0.05) is 13.8 Å². The van der Waals surface area contributed by atoms with E-state index in [1.807, 2.05) is 23.3 Å². The maximum absolute atomic E-state index is 13.0. The Balaban J connectivity index is 2.85. The fraction of sp³-hybridized carbons (Fsp3) is 0.647. The van der Waals surface area contributed by atoms with Crippen molar-refractivity contribution in [2.75, 3.05) is 18.0 Å². The average molecular weight is 364 g/mol. The topological polar surface area (TPSA) is 108 Å². The Labute approximate surface area is 152 Å². The van der Waals surface area contributed by atoms with Crippen LogP contribution in [0, 0.1) is 5.92 Å². The Morgan fingerprint density at radius 2 is 1.81 bits per heavy atom. The molecule has 0 saturated heterocycles. The summed E-state index contributed by atoms with van der Waals surface area (Å²) < 4.78 is 4.05. The number of aryl methyl sites for hydroxylation is 2. The second-order valence-electron chi connectivity index (χ2n) is 6.79. The summed E-state index contributed by atoms with van der Waals surface area (Å²) in [7, 11) is 1.55. The summed E-state index contributed by atoms with van der Waals surface area (Å²) in [6, 6.07) is 0. The van der Waals surface area contributed by atoms with E-state index in [9.17, 15) is 14.4 Å². The van der Waals surface area contributed by atoms with Crippen LogP contribution in [0.3, 0.4) is 0 Å². The third-order valence-electron chi connectivity index (χ3n) is 4.50. The first kappa shape index (κ1) is 19.7. The van der Waals surface area contributed by atoms with Crippen molar-refractivity contribution in [3.05, 3.63) is 20.8 Å². The third-order valence-corrected chi connectivity index (χ3v) is 4.50. The van der Waals surface area contributed by atoms with Crippen molar-refractivity contribution in [1.29, 1.82) is 0 Å². The van der Waals surface area contributed by atoms with Gasteiger partial charge in [-0.05, 0) is 26.2 Å². The molecule has 0 saturated carbocycles. The molecule has 9 nitrogen and oxygen atoms in total. The van der Waals surface area contributed by atoms with Crippen LogP contribution in [0.25, 0.3) is 11.2 Å². The Kier molecular flexibility index (Phi) is 5.89. The molecule has 0 spiro atoms. The van der Waals surface area contributed by atoms with E-state index in [0.717, 1.165) is 24.1 Å². The lowest BCUT2D eigenvalue weighted by molar-refractivity contribution is -0.118. The highest BCUT2D eigenvalue weighted by atomic mass is 16.2. The van der Waals surface area contributed by atoms with Crippen LogP contribution in [0.15, 0.2) is 9.59 Å². The molecule has 0 aromatic carbocycles. The monoisotopic (exact) mass is 364 g/mol. The number of nitrogens with zero attached hydrogens (tertiary/aromatic N) is 5. The highest BCUT2D eigenvalue weighted by molar-refractivity contribution is 5.76. The molecule has 0 radical (unpaired) electrons. The van der Waals surface area contributed by atoms with Crippen LogP contribution < -0.4 is 21.9 Å². The molecule has 2 rings (SSSR count). The minimum Gasteiger partial charge on any atom is -0.368 e. The van der Waals surface area contributed by atoms with Crippen molar-refractivity contribution in [2.24, 2.45) is 18.7 Å².